The van der Waals surface area contributed by atoms with E-state index < -0.39 is 23.6 Å². The number of benzene rings is 2. The molecule has 5 N–H and O–H groups in total. The second-order valence-corrected chi connectivity index (χ2v) is 13.8. The van der Waals surface area contributed by atoms with Crippen LogP contribution in [0.3, 0.4) is 0 Å². The molecule has 1 saturated carbocycles. The summed E-state index contributed by atoms with van der Waals surface area (Å²) in [6.07, 6.45) is 3.95. The molecule has 2 aromatic heterocycles. The zero-order valence-electron chi connectivity index (χ0n) is 29.5. The second kappa shape index (κ2) is 15.9. The average Bonchev–Trinajstić information content (AvgIpc) is 3.62. The molecule has 5 rings (SSSR count). The molecule has 1 aliphatic carbocycles. The lowest BCUT2D eigenvalue weighted by Gasteiger charge is -2.36. The predicted molar refractivity (Wildman–Crippen MR) is 190 cm³/mol. The topological polar surface area (TPSA) is 211 Å². The SMILES string of the molecule is CC(=O)Nc1ncc(-c2cccc(C[C@@H](C(N)=O)N(C(=O)C3CCC(CNC(=O)OC(C)(C)C)CC3)c3ccc(-c4nn[nH]n4)cc3)c2)c(C)n1. The van der Waals surface area contributed by atoms with Crippen LogP contribution in [0.15, 0.2) is 54.7 Å². The summed E-state index contributed by atoms with van der Waals surface area (Å²) in [5, 5.41) is 19.6. The van der Waals surface area contributed by atoms with Crippen molar-refractivity contribution in [3.8, 4) is 22.5 Å². The number of carbonyl (C=O) groups excluding carboxylic acids is 4. The van der Waals surface area contributed by atoms with Crippen LogP contribution in [0.4, 0.5) is 16.4 Å². The number of tetrazole rings is 1. The molecule has 2 aromatic carbocycles. The molecule has 1 aliphatic rings. The third kappa shape index (κ3) is 9.71. The fourth-order valence-electron chi connectivity index (χ4n) is 6.24. The molecule has 1 fully saturated rings. The highest BCUT2D eigenvalue weighted by molar-refractivity contribution is 6.02. The van der Waals surface area contributed by atoms with Gasteiger partial charge < -0.3 is 15.8 Å². The lowest BCUT2D eigenvalue weighted by atomic mass is 9.81. The van der Waals surface area contributed by atoms with Crippen molar-refractivity contribution in [1.82, 2.24) is 35.9 Å². The molecule has 4 aromatic rings. The van der Waals surface area contributed by atoms with E-state index in [1.165, 1.54) is 11.8 Å². The van der Waals surface area contributed by atoms with Crippen LogP contribution in [0.25, 0.3) is 22.5 Å². The predicted octanol–water partition coefficient (Wildman–Crippen LogP) is 4.35. The van der Waals surface area contributed by atoms with Gasteiger partial charge in [-0.2, -0.15) is 5.21 Å². The number of nitrogens with one attached hydrogen (secondary N) is 3. The molecule has 15 nitrogen and oxygen atoms in total. The van der Waals surface area contributed by atoms with Gasteiger partial charge in [0.15, 0.2) is 0 Å². The van der Waals surface area contributed by atoms with Crippen molar-refractivity contribution >= 4 is 35.5 Å². The Kier molecular flexibility index (Phi) is 11.4. The van der Waals surface area contributed by atoms with Gasteiger partial charge in [-0.25, -0.2) is 14.8 Å². The number of aromatic nitrogens is 6. The smallest absolute Gasteiger partial charge is 0.407 e. The zero-order valence-corrected chi connectivity index (χ0v) is 29.5. The van der Waals surface area contributed by atoms with Crippen LogP contribution in [-0.4, -0.2) is 72.6 Å². The average molecular weight is 697 g/mol. The monoisotopic (exact) mass is 696 g/mol. The highest BCUT2D eigenvalue weighted by Gasteiger charge is 2.36. The van der Waals surface area contributed by atoms with Crippen molar-refractivity contribution in [1.29, 1.82) is 0 Å². The molecule has 0 saturated heterocycles. The summed E-state index contributed by atoms with van der Waals surface area (Å²) < 4.78 is 5.37. The van der Waals surface area contributed by atoms with E-state index in [2.05, 4.69) is 41.2 Å². The number of anilines is 2. The Balaban J connectivity index is 1.38. The maximum atomic E-state index is 14.5. The molecule has 2 heterocycles. The summed E-state index contributed by atoms with van der Waals surface area (Å²) in [5.41, 5.74) is 9.70. The normalized spacial score (nSPS) is 16.5. The quantitative estimate of drug-likeness (QED) is 0.174. The van der Waals surface area contributed by atoms with Crippen LogP contribution in [-0.2, 0) is 25.5 Å². The van der Waals surface area contributed by atoms with Gasteiger partial charge in [0.05, 0.1) is 5.69 Å². The first kappa shape index (κ1) is 36.5. The van der Waals surface area contributed by atoms with E-state index in [-0.39, 0.29) is 36.0 Å². The summed E-state index contributed by atoms with van der Waals surface area (Å²) in [4.78, 5) is 61.6. The minimum atomic E-state index is -1.00. The highest BCUT2D eigenvalue weighted by atomic mass is 16.6. The summed E-state index contributed by atoms with van der Waals surface area (Å²) in [6.45, 7) is 9.11. The maximum absolute atomic E-state index is 14.5. The number of alkyl carbamates (subject to hydrolysis) is 1. The lowest BCUT2D eigenvalue weighted by Crippen LogP contribution is -2.52. The van der Waals surface area contributed by atoms with Crippen LogP contribution in [0.5, 0.6) is 0 Å². The summed E-state index contributed by atoms with van der Waals surface area (Å²) in [6, 6.07) is 13.6. The Hall–Kier alpha value is -5.73. The van der Waals surface area contributed by atoms with Crippen LogP contribution in [0.2, 0.25) is 0 Å². The molecule has 1 atom stereocenters. The van der Waals surface area contributed by atoms with Crippen LogP contribution >= 0.6 is 0 Å². The minimum absolute atomic E-state index is 0.153. The Morgan fingerprint density at radius 1 is 1.04 bits per heavy atom. The largest absolute Gasteiger partial charge is 0.444 e. The molecular formula is C36H44N10O5. The number of rotatable bonds is 11. The number of nitrogens with two attached hydrogens (primary N) is 1. The first-order valence-electron chi connectivity index (χ1n) is 16.9. The zero-order chi connectivity index (χ0) is 36.7. The summed E-state index contributed by atoms with van der Waals surface area (Å²) in [5.74, 6) is -0.669. The fraction of sp³-hybridized carbons (Fsp3) is 0.417. The molecule has 0 bridgehead atoms. The van der Waals surface area contributed by atoms with Crippen molar-refractivity contribution in [2.75, 3.05) is 16.8 Å². The van der Waals surface area contributed by atoms with Gasteiger partial charge in [-0.05, 0) is 99.9 Å². The lowest BCUT2D eigenvalue weighted by molar-refractivity contribution is -0.127. The maximum Gasteiger partial charge on any atom is 0.407 e. The van der Waals surface area contributed by atoms with Crippen LogP contribution < -0.4 is 21.3 Å². The van der Waals surface area contributed by atoms with Gasteiger partial charge in [0.2, 0.25) is 29.5 Å². The van der Waals surface area contributed by atoms with Gasteiger partial charge in [-0.15, -0.1) is 10.2 Å². The number of primary amides is 1. The molecule has 0 unspecified atom stereocenters. The van der Waals surface area contributed by atoms with Gasteiger partial charge in [-0.3, -0.25) is 24.6 Å². The molecular weight excluding hydrogens is 652 g/mol. The highest BCUT2D eigenvalue weighted by Crippen LogP contribution is 2.33. The van der Waals surface area contributed by atoms with Crippen LogP contribution in [0, 0.1) is 18.8 Å². The Morgan fingerprint density at radius 2 is 1.76 bits per heavy atom. The van der Waals surface area contributed by atoms with Crippen LogP contribution in [0.1, 0.15) is 64.6 Å². The number of nitrogens with zero attached hydrogens (tertiary/aromatic N) is 6. The van der Waals surface area contributed by atoms with Crippen molar-refractivity contribution < 1.29 is 23.9 Å². The van der Waals surface area contributed by atoms with Gasteiger partial charge in [0, 0.05) is 48.8 Å². The van der Waals surface area contributed by atoms with E-state index in [1.54, 1.807) is 30.5 Å². The first-order valence-corrected chi connectivity index (χ1v) is 16.9. The number of amides is 4. The van der Waals surface area contributed by atoms with E-state index in [9.17, 15) is 19.2 Å². The van der Waals surface area contributed by atoms with E-state index in [1.807, 2.05) is 52.0 Å². The molecule has 0 radical (unpaired) electrons. The molecule has 15 heteroatoms. The Labute approximate surface area is 296 Å². The molecule has 4 amide bonds. The van der Waals surface area contributed by atoms with E-state index >= 15 is 0 Å². The van der Waals surface area contributed by atoms with Crippen molar-refractivity contribution in [3.05, 3.63) is 66.0 Å². The number of carbonyl (C=O) groups is 4. The van der Waals surface area contributed by atoms with Gasteiger partial charge in [0.25, 0.3) is 0 Å². The Bertz CT molecular complexity index is 1850. The van der Waals surface area contributed by atoms with Gasteiger partial charge >= 0.3 is 6.09 Å². The summed E-state index contributed by atoms with van der Waals surface area (Å²) in [7, 11) is 0. The number of hydrogen-bond donors (Lipinski definition) is 4. The summed E-state index contributed by atoms with van der Waals surface area (Å²) >= 11 is 0. The van der Waals surface area contributed by atoms with Crippen molar-refractivity contribution in [2.45, 2.75) is 78.4 Å². The second-order valence-electron chi connectivity index (χ2n) is 13.8. The Morgan fingerprint density at radius 3 is 2.37 bits per heavy atom. The molecule has 51 heavy (non-hydrogen) atoms. The molecule has 0 spiro atoms. The first-order chi connectivity index (χ1) is 24.3. The number of aryl methyl sites for hydroxylation is 1. The van der Waals surface area contributed by atoms with E-state index in [4.69, 9.17) is 10.5 Å². The fourth-order valence-corrected chi connectivity index (χ4v) is 6.24. The molecule has 268 valence electrons. The number of H-pyrrole nitrogens is 1. The minimum Gasteiger partial charge on any atom is -0.444 e. The van der Waals surface area contributed by atoms with Crippen molar-refractivity contribution in [2.24, 2.45) is 17.6 Å². The van der Waals surface area contributed by atoms with E-state index in [0.29, 0.717) is 42.2 Å². The van der Waals surface area contributed by atoms with Crippen molar-refractivity contribution in [3.63, 3.8) is 0 Å². The standard InChI is InChI=1S/C36H44N10O5/c1-21-29(20-38-34(40-21)41-22(2)47)27-8-6-7-24(17-27)18-30(31(37)48)46(28-15-13-25(14-16-28)32-42-44-45-43-32)33(49)26-11-9-23(10-12-26)19-39-35(50)51-36(3,4)5/h6-8,13-17,20,23,26,30H,9-12,18-19H2,1-5H3,(H2,37,48)(H,39,50)(H,38,40,41,47)(H,42,43,44,45)/t23?,26?,30-/m0/s1. The number of hydrogen-bond acceptors (Lipinski definition) is 10. The third-order valence-electron chi connectivity index (χ3n) is 8.69. The van der Waals surface area contributed by atoms with E-state index in [0.717, 1.165) is 29.5 Å². The van der Waals surface area contributed by atoms with Gasteiger partial charge in [0.1, 0.15) is 11.6 Å². The number of aromatic amines is 1. The third-order valence-corrected chi connectivity index (χ3v) is 8.69. The molecule has 0 aliphatic heterocycles. The number of ether oxygens (including phenoxy) is 1. The van der Waals surface area contributed by atoms with Gasteiger partial charge in [-0.1, -0.05) is 24.3 Å².